The van der Waals surface area contributed by atoms with Crippen LogP contribution >= 0.6 is 0 Å². The van der Waals surface area contributed by atoms with Crippen LogP contribution in [0.5, 0.6) is 0 Å². The van der Waals surface area contributed by atoms with Crippen LogP contribution in [-0.2, 0) is 0 Å². The molecule has 0 aromatic heterocycles. The van der Waals surface area contributed by atoms with E-state index in [0.29, 0.717) is 17.8 Å². The molecule has 2 nitrogen and oxygen atoms in total. The van der Waals surface area contributed by atoms with E-state index >= 15 is 0 Å². The second kappa shape index (κ2) is 4.42. The number of aliphatic hydroxyl groups is 1. The summed E-state index contributed by atoms with van der Waals surface area (Å²) in [6, 6.07) is 0. The van der Waals surface area contributed by atoms with E-state index in [0.717, 1.165) is 13.1 Å². The quantitative estimate of drug-likeness (QED) is 0.723. The number of hydrogen-bond acceptors (Lipinski definition) is 2. The standard InChI is InChI=1S/C13H27NO/c1-9(2)12-10(3)7-14(8-11(12)15)13(4,5)6/h9-12,15H,7-8H2,1-6H3/t10-,11+,12-/m1/s1. The minimum Gasteiger partial charge on any atom is -0.391 e. The summed E-state index contributed by atoms with van der Waals surface area (Å²) < 4.78 is 0. The van der Waals surface area contributed by atoms with Gasteiger partial charge in [-0.3, -0.25) is 4.90 Å². The van der Waals surface area contributed by atoms with Gasteiger partial charge < -0.3 is 5.11 Å². The molecule has 3 atom stereocenters. The largest absolute Gasteiger partial charge is 0.391 e. The van der Waals surface area contributed by atoms with Gasteiger partial charge in [0.2, 0.25) is 0 Å². The lowest BCUT2D eigenvalue weighted by atomic mass is 9.76. The minimum atomic E-state index is -0.159. The summed E-state index contributed by atoms with van der Waals surface area (Å²) in [7, 11) is 0. The average molecular weight is 213 g/mol. The molecule has 15 heavy (non-hydrogen) atoms. The molecule has 0 saturated carbocycles. The molecule has 0 unspecified atom stereocenters. The smallest absolute Gasteiger partial charge is 0.0700 e. The first-order chi connectivity index (χ1) is 6.73. The lowest BCUT2D eigenvalue weighted by molar-refractivity contribution is -0.0580. The van der Waals surface area contributed by atoms with Crippen molar-refractivity contribution in [2.45, 2.75) is 53.2 Å². The van der Waals surface area contributed by atoms with Crippen LogP contribution in [0, 0.1) is 17.8 Å². The van der Waals surface area contributed by atoms with Crippen molar-refractivity contribution in [3.8, 4) is 0 Å². The number of nitrogens with zero attached hydrogens (tertiary/aromatic N) is 1. The van der Waals surface area contributed by atoms with Gasteiger partial charge in [-0.05, 0) is 38.5 Å². The minimum absolute atomic E-state index is 0.159. The highest BCUT2D eigenvalue weighted by Gasteiger charge is 2.38. The second-order valence-corrected chi connectivity index (χ2v) is 6.44. The maximum atomic E-state index is 10.2. The van der Waals surface area contributed by atoms with Gasteiger partial charge in [0.25, 0.3) is 0 Å². The van der Waals surface area contributed by atoms with Gasteiger partial charge in [-0.15, -0.1) is 0 Å². The molecule has 1 heterocycles. The van der Waals surface area contributed by atoms with E-state index in [4.69, 9.17) is 0 Å². The molecule has 1 rings (SSSR count). The summed E-state index contributed by atoms with van der Waals surface area (Å²) in [6.45, 7) is 15.3. The van der Waals surface area contributed by atoms with E-state index in [1.807, 2.05) is 0 Å². The van der Waals surface area contributed by atoms with E-state index < -0.39 is 0 Å². The van der Waals surface area contributed by atoms with Gasteiger partial charge in [0.1, 0.15) is 0 Å². The lowest BCUT2D eigenvalue weighted by Gasteiger charge is -2.47. The first-order valence-electron chi connectivity index (χ1n) is 6.16. The predicted molar refractivity (Wildman–Crippen MR) is 64.8 cm³/mol. The van der Waals surface area contributed by atoms with Crippen LogP contribution in [-0.4, -0.2) is 34.7 Å². The van der Waals surface area contributed by atoms with Crippen molar-refractivity contribution in [2.24, 2.45) is 17.8 Å². The third kappa shape index (κ3) is 2.94. The molecule has 1 fully saturated rings. The van der Waals surface area contributed by atoms with E-state index in [9.17, 15) is 5.11 Å². The Labute approximate surface area is 94.7 Å². The van der Waals surface area contributed by atoms with Crippen LogP contribution in [0.25, 0.3) is 0 Å². The molecule has 0 amide bonds. The highest BCUT2D eigenvalue weighted by molar-refractivity contribution is 4.90. The van der Waals surface area contributed by atoms with Crippen LogP contribution < -0.4 is 0 Å². The zero-order chi connectivity index (χ0) is 11.8. The fourth-order valence-corrected chi connectivity index (χ4v) is 2.92. The summed E-state index contributed by atoms with van der Waals surface area (Å²) in [6.07, 6.45) is -0.159. The molecule has 1 saturated heterocycles. The fraction of sp³-hybridized carbons (Fsp3) is 1.00. The maximum absolute atomic E-state index is 10.2. The Morgan fingerprint density at radius 3 is 2.07 bits per heavy atom. The molecule has 1 N–H and O–H groups in total. The molecule has 1 aliphatic rings. The Morgan fingerprint density at radius 2 is 1.73 bits per heavy atom. The first-order valence-corrected chi connectivity index (χ1v) is 6.16. The average Bonchev–Trinajstić information content (AvgIpc) is 1.99. The molecule has 2 heteroatoms. The van der Waals surface area contributed by atoms with Crippen molar-refractivity contribution >= 4 is 0 Å². The molecular weight excluding hydrogens is 186 g/mol. The van der Waals surface area contributed by atoms with E-state index in [2.05, 4.69) is 46.4 Å². The summed E-state index contributed by atoms with van der Waals surface area (Å²) >= 11 is 0. The topological polar surface area (TPSA) is 23.5 Å². The molecular formula is C13H27NO. The Morgan fingerprint density at radius 1 is 1.20 bits per heavy atom. The van der Waals surface area contributed by atoms with Crippen LogP contribution in [0.15, 0.2) is 0 Å². The Kier molecular flexibility index (Phi) is 3.83. The number of rotatable bonds is 1. The number of β-amino-alcohol motifs (C(OH)–C–C–N with tert-alkyl or cyclic N) is 1. The molecule has 0 aromatic carbocycles. The van der Waals surface area contributed by atoms with Crippen LogP contribution in [0.1, 0.15) is 41.5 Å². The molecule has 0 spiro atoms. The second-order valence-electron chi connectivity index (χ2n) is 6.44. The van der Waals surface area contributed by atoms with Crippen molar-refractivity contribution in [1.29, 1.82) is 0 Å². The number of aliphatic hydroxyl groups excluding tert-OH is 1. The van der Waals surface area contributed by atoms with Crippen molar-refractivity contribution in [3.63, 3.8) is 0 Å². The Hall–Kier alpha value is -0.0800. The maximum Gasteiger partial charge on any atom is 0.0700 e. The zero-order valence-corrected chi connectivity index (χ0v) is 11.1. The highest BCUT2D eigenvalue weighted by Crippen LogP contribution is 2.32. The molecule has 0 radical (unpaired) electrons. The van der Waals surface area contributed by atoms with Gasteiger partial charge >= 0.3 is 0 Å². The molecule has 1 aliphatic heterocycles. The van der Waals surface area contributed by atoms with Gasteiger partial charge in [0.05, 0.1) is 6.10 Å². The van der Waals surface area contributed by atoms with E-state index in [1.54, 1.807) is 0 Å². The summed E-state index contributed by atoms with van der Waals surface area (Å²) in [5.74, 6) is 1.63. The summed E-state index contributed by atoms with van der Waals surface area (Å²) in [4.78, 5) is 2.40. The van der Waals surface area contributed by atoms with Gasteiger partial charge in [-0.25, -0.2) is 0 Å². The van der Waals surface area contributed by atoms with Crippen molar-refractivity contribution < 1.29 is 5.11 Å². The van der Waals surface area contributed by atoms with Gasteiger partial charge in [-0.2, -0.15) is 0 Å². The lowest BCUT2D eigenvalue weighted by Crippen LogP contribution is -2.56. The Balaban J connectivity index is 2.71. The number of likely N-dealkylation sites (tertiary alicyclic amines) is 1. The highest BCUT2D eigenvalue weighted by atomic mass is 16.3. The van der Waals surface area contributed by atoms with Crippen LogP contribution in [0.4, 0.5) is 0 Å². The van der Waals surface area contributed by atoms with E-state index in [-0.39, 0.29) is 11.6 Å². The van der Waals surface area contributed by atoms with Crippen molar-refractivity contribution in [2.75, 3.05) is 13.1 Å². The SMILES string of the molecule is CC(C)[C@@H]1[C@H](C)CN(C(C)(C)C)C[C@@H]1O. The molecule has 0 bridgehead atoms. The van der Waals surface area contributed by atoms with Gasteiger partial charge in [0, 0.05) is 18.6 Å². The third-order valence-corrected chi connectivity index (χ3v) is 3.74. The van der Waals surface area contributed by atoms with Gasteiger partial charge in [0.15, 0.2) is 0 Å². The summed E-state index contributed by atoms with van der Waals surface area (Å²) in [5.41, 5.74) is 0.178. The number of hydrogen-bond donors (Lipinski definition) is 1. The Bertz CT molecular complexity index is 195. The zero-order valence-electron chi connectivity index (χ0n) is 11.1. The predicted octanol–water partition coefficient (Wildman–Crippen LogP) is 2.37. The molecule has 0 aromatic rings. The van der Waals surface area contributed by atoms with Crippen LogP contribution in [0.2, 0.25) is 0 Å². The fourth-order valence-electron chi connectivity index (χ4n) is 2.92. The van der Waals surface area contributed by atoms with E-state index in [1.165, 1.54) is 0 Å². The van der Waals surface area contributed by atoms with Crippen molar-refractivity contribution in [3.05, 3.63) is 0 Å². The third-order valence-electron chi connectivity index (χ3n) is 3.74. The monoisotopic (exact) mass is 213 g/mol. The summed E-state index contributed by atoms with van der Waals surface area (Å²) in [5, 5.41) is 10.2. The normalized spacial score (nSPS) is 34.8. The molecule has 0 aliphatic carbocycles. The van der Waals surface area contributed by atoms with Crippen LogP contribution in [0.3, 0.4) is 0 Å². The molecule has 90 valence electrons. The van der Waals surface area contributed by atoms with Gasteiger partial charge in [-0.1, -0.05) is 20.8 Å². The first kappa shape index (κ1) is 13.0. The van der Waals surface area contributed by atoms with Crippen molar-refractivity contribution in [1.82, 2.24) is 4.90 Å². The number of piperidine rings is 1.